The summed E-state index contributed by atoms with van der Waals surface area (Å²) < 4.78 is 8.36. The van der Waals surface area contributed by atoms with Crippen molar-refractivity contribution >= 4 is 25.3 Å². The highest BCUT2D eigenvalue weighted by molar-refractivity contribution is 7.22. The maximum absolute atomic E-state index is 5.51. The SMILES string of the molecule is CO[SiH2][Si](C)(C)N(C(C)C)[Si](C)(C)C. The molecule has 0 atom stereocenters. The smallest absolute Gasteiger partial charge is 0.166 e. The van der Waals surface area contributed by atoms with E-state index in [1.54, 1.807) is 0 Å². The second kappa shape index (κ2) is 5.07. The number of nitrogens with zero attached hydrogens (tertiary/aromatic N) is 1. The van der Waals surface area contributed by atoms with Gasteiger partial charge >= 0.3 is 0 Å². The highest BCUT2D eigenvalue weighted by Crippen LogP contribution is 2.22. The molecule has 0 saturated heterocycles. The number of rotatable bonds is 5. The zero-order chi connectivity index (χ0) is 11.6. The van der Waals surface area contributed by atoms with E-state index < -0.39 is 16.0 Å². The van der Waals surface area contributed by atoms with Crippen molar-refractivity contribution in [2.75, 3.05) is 7.11 Å². The van der Waals surface area contributed by atoms with E-state index in [0.717, 1.165) is 0 Å². The molecule has 0 aromatic carbocycles. The molecule has 0 aliphatic carbocycles. The van der Waals surface area contributed by atoms with E-state index in [9.17, 15) is 0 Å². The fraction of sp³-hybridized carbons (Fsp3) is 1.00. The van der Waals surface area contributed by atoms with E-state index in [-0.39, 0.29) is 9.28 Å². The van der Waals surface area contributed by atoms with Gasteiger partial charge < -0.3 is 8.66 Å². The first-order valence-electron chi connectivity index (χ1n) is 5.41. The van der Waals surface area contributed by atoms with Crippen LogP contribution in [0.25, 0.3) is 0 Å². The van der Waals surface area contributed by atoms with Crippen LogP contribution in [0.3, 0.4) is 0 Å². The van der Waals surface area contributed by atoms with Crippen molar-refractivity contribution in [2.45, 2.75) is 52.6 Å². The first kappa shape index (κ1) is 14.6. The van der Waals surface area contributed by atoms with Crippen molar-refractivity contribution in [2.24, 2.45) is 0 Å². The minimum atomic E-state index is -1.22. The van der Waals surface area contributed by atoms with Crippen LogP contribution in [0.2, 0.25) is 32.7 Å². The van der Waals surface area contributed by atoms with Gasteiger partial charge in [0.2, 0.25) is 0 Å². The summed E-state index contributed by atoms with van der Waals surface area (Å²) in [6.07, 6.45) is 0. The number of hydrogen-bond acceptors (Lipinski definition) is 2. The highest BCUT2D eigenvalue weighted by Gasteiger charge is 2.39. The molecular weight excluding hydrogens is 222 g/mol. The van der Waals surface area contributed by atoms with Crippen LogP contribution in [0.1, 0.15) is 13.8 Å². The van der Waals surface area contributed by atoms with Gasteiger partial charge in [0.15, 0.2) is 9.28 Å². The largest absolute Gasteiger partial charge is 0.429 e. The Morgan fingerprint density at radius 2 is 1.50 bits per heavy atom. The summed E-state index contributed by atoms with van der Waals surface area (Å²) in [6.45, 7) is 17.0. The van der Waals surface area contributed by atoms with E-state index >= 15 is 0 Å². The molecular formula is C9H27NOSi3. The van der Waals surface area contributed by atoms with Crippen molar-refractivity contribution < 1.29 is 4.43 Å². The van der Waals surface area contributed by atoms with Gasteiger partial charge in [0.05, 0.1) is 0 Å². The van der Waals surface area contributed by atoms with Gasteiger partial charge in [-0.1, -0.05) is 46.6 Å². The van der Waals surface area contributed by atoms with Crippen LogP contribution in [0, 0.1) is 0 Å². The first-order chi connectivity index (χ1) is 6.13. The lowest BCUT2D eigenvalue weighted by atomic mass is 10.4. The minimum Gasteiger partial charge on any atom is -0.429 e. The average molecular weight is 250 g/mol. The summed E-state index contributed by atoms with van der Waals surface area (Å²) in [5.74, 6) is 0. The molecule has 0 radical (unpaired) electrons. The topological polar surface area (TPSA) is 12.5 Å². The molecule has 0 unspecified atom stereocenters. The zero-order valence-electron chi connectivity index (χ0n) is 11.1. The molecule has 0 aromatic heterocycles. The van der Waals surface area contributed by atoms with E-state index in [0.29, 0.717) is 6.04 Å². The molecule has 0 amide bonds. The highest BCUT2D eigenvalue weighted by atomic mass is 29.2. The molecule has 14 heavy (non-hydrogen) atoms. The second-order valence-electron chi connectivity index (χ2n) is 5.88. The predicted octanol–water partition coefficient (Wildman–Crippen LogP) is 1.96. The molecule has 0 rings (SSSR count). The Morgan fingerprint density at radius 3 is 1.71 bits per heavy atom. The molecule has 0 aliphatic rings. The Morgan fingerprint density at radius 1 is 1.07 bits per heavy atom. The Labute approximate surface area is 93.9 Å². The van der Waals surface area contributed by atoms with Gasteiger partial charge in [0, 0.05) is 7.11 Å². The summed E-state index contributed by atoms with van der Waals surface area (Å²) in [5, 5.41) is 0. The van der Waals surface area contributed by atoms with Crippen molar-refractivity contribution in [3.63, 3.8) is 0 Å². The Hall–Kier alpha value is 0.571. The first-order valence-corrected chi connectivity index (χ1v) is 14.7. The Balaban J connectivity index is 4.82. The molecule has 5 heteroatoms. The average Bonchev–Trinajstić information content (AvgIpc) is 1.78. The van der Waals surface area contributed by atoms with Crippen molar-refractivity contribution in [1.29, 1.82) is 0 Å². The van der Waals surface area contributed by atoms with Gasteiger partial charge in [-0.05, 0) is 6.04 Å². The van der Waals surface area contributed by atoms with Gasteiger partial charge in [0.1, 0.15) is 16.0 Å². The van der Waals surface area contributed by atoms with Gasteiger partial charge in [-0.2, -0.15) is 0 Å². The Bertz CT molecular complexity index is 177. The molecule has 2 nitrogen and oxygen atoms in total. The maximum Gasteiger partial charge on any atom is 0.166 e. The zero-order valence-corrected chi connectivity index (χ0v) is 14.6. The molecule has 0 fully saturated rings. The van der Waals surface area contributed by atoms with Crippen LogP contribution in [0.5, 0.6) is 0 Å². The molecule has 0 aliphatic heterocycles. The second-order valence-corrected chi connectivity index (χ2v) is 22.2. The third-order valence-electron chi connectivity index (χ3n) is 2.39. The fourth-order valence-corrected chi connectivity index (χ4v) is 22.3. The van der Waals surface area contributed by atoms with Crippen LogP contribution < -0.4 is 0 Å². The summed E-state index contributed by atoms with van der Waals surface area (Å²) in [7, 11) is -0.834. The monoisotopic (exact) mass is 249 g/mol. The molecule has 0 spiro atoms. The van der Waals surface area contributed by atoms with Crippen molar-refractivity contribution in [1.82, 2.24) is 4.23 Å². The van der Waals surface area contributed by atoms with Gasteiger partial charge in [-0.25, -0.2) is 0 Å². The van der Waals surface area contributed by atoms with Crippen LogP contribution in [0.4, 0.5) is 0 Å². The van der Waals surface area contributed by atoms with Gasteiger partial charge in [-0.15, -0.1) is 0 Å². The van der Waals surface area contributed by atoms with Crippen LogP contribution in [-0.4, -0.2) is 42.7 Å². The quantitative estimate of drug-likeness (QED) is 0.691. The van der Waals surface area contributed by atoms with Crippen LogP contribution in [-0.2, 0) is 4.43 Å². The summed E-state index contributed by atoms with van der Waals surface area (Å²) in [6, 6.07) is 0.686. The summed E-state index contributed by atoms with van der Waals surface area (Å²) in [4.78, 5) is 0. The Kier molecular flexibility index (Phi) is 5.27. The summed E-state index contributed by atoms with van der Waals surface area (Å²) >= 11 is 0. The lowest BCUT2D eigenvalue weighted by molar-refractivity contribution is 0.443. The van der Waals surface area contributed by atoms with E-state index in [1.807, 2.05) is 7.11 Å². The minimum absolute atomic E-state index is 0.321. The lowest BCUT2D eigenvalue weighted by Gasteiger charge is -2.47. The molecule has 0 saturated carbocycles. The van der Waals surface area contributed by atoms with Gasteiger partial charge in [-0.3, -0.25) is 0 Å². The molecule has 86 valence electrons. The van der Waals surface area contributed by atoms with Crippen LogP contribution >= 0.6 is 0 Å². The number of hydrogen-bond donors (Lipinski definition) is 0. The van der Waals surface area contributed by atoms with Crippen molar-refractivity contribution in [3.05, 3.63) is 0 Å². The van der Waals surface area contributed by atoms with Crippen molar-refractivity contribution in [3.8, 4) is 0 Å². The third-order valence-corrected chi connectivity index (χ3v) is 16.0. The van der Waals surface area contributed by atoms with E-state index in [4.69, 9.17) is 4.43 Å². The van der Waals surface area contributed by atoms with E-state index in [1.165, 1.54) is 0 Å². The van der Waals surface area contributed by atoms with Gasteiger partial charge in [0.25, 0.3) is 0 Å². The van der Waals surface area contributed by atoms with E-state index in [2.05, 4.69) is 50.8 Å². The maximum atomic E-state index is 5.51. The normalized spacial score (nSPS) is 15.0. The molecule has 0 aromatic rings. The lowest BCUT2D eigenvalue weighted by Crippen LogP contribution is -2.66. The fourth-order valence-electron chi connectivity index (χ4n) is 2.80. The van der Waals surface area contributed by atoms with Crippen LogP contribution in [0.15, 0.2) is 0 Å². The molecule has 0 bridgehead atoms. The summed E-state index contributed by atoms with van der Waals surface area (Å²) in [5.41, 5.74) is 0. The predicted molar refractivity (Wildman–Crippen MR) is 73.4 cm³/mol. The standard InChI is InChI=1S/C9H27NOSi3/c1-9(2)10(13(4,5)6)14(7,8)12-11-3/h9H,12H2,1-8H3. The third kappa shape index (κ3) is 3.98. The molecule has 0 N–H and O–H groups in total. The molecule has 0 heterocycles.